The first-order chi connectivity index (χ1) is 7.65. The highest BCUT2D eigenvalue weighted by Crippen LogP contribution is 2.09. The highest BCUT2D eigenvalue weighted by Gasteiger charge is 2.11. The van der Waals surface area contributed by atoms with Crippen LogP contribution in [0.15, 0.2) is 16.5 Å². The summed E-state index contributed by atoms with van der Waals surface area (Å²) in [6.45, 7) is 7.90. The van der Waals surface area contributed by atoms with Crippen molar-refractivity contribution in [3.8, 4) is 0 Å². The minimum absolute atomic E-state index is 0.187. The number of nitrogens with zero attached hydrogens (tertiary/aromatic N) is 1. The maximum Gasteiger partial charge on any atom is 0.320 e. The van der Waals surface area contributed by atoms with Gasteiger partial charge in [0.1, 0.15) is 11.5 Å². The molecule has 90 valence electrons. The summed E-state index contributed by atoms with van der Waals surface area (Å²) >= 11 is 0. The monoisotopic (exact) mass is 225 g/mol. The van der Waals surface area contributed by atoms with E-state index in [1.54, 1.807) is 0 Å². The average molecular weight is 225 g/mol. The molecule has 4 heteroatoms. The normalized spacial score (nSPS) is 10.8. The molecular weight excluding hydrogens is 206 g/mol. The number of carbonyl (C=O) groups is 1. The largest absolute Gasteiger partial charge is 0.465 e. The second kappa shape index (κ2) is 6.33. The summed E-state index contributed by atoms with van der Waals surface area (Å²) in [5, 5.41) is 0. The molecule has 0 radical (unpaired) electrons. The molecule has 0 bridgehead atoms. The Labute approximate surface area is 96.2 Å². The lowest BCUT2D eigenvalue weighted by Crippen LogP contribution is -2.30. The Bertz CT molecular complexity index is 333. The molecule has 1 rings (SSSR count). The molecule has 0 amide bonds. The molecule has 0 fully saturated rings. The van der Waals surface area contributed by atoms with Gasteiger partial charge in [0.25, 0.3) is 0 Å². The van der Waals surface area contributed by atoms with Crippen molar-refractivity contribution in [1.82, 2.24) is 4.90 Å². The van der Waals surface area contributed by atoms with Gasteiger partial charge >= 0.3 is 5.97 Å². The van der Waals surface area contributed by atoms with E-state index in [0.29, 0.717) is 19.7 Å². The number of rotatable bonds is 6. The van der Waals surface area contributed by atoms with Crippen LogP contribution in [0.1, 0.15) is 25.4 Å². The standard InChI is InChI=1S/C12H19NO3/c1-4-13(9-12(14)15-5-2)8-11-7-6-10(3)16-11/h6-7H,4-5,8-9H2,1-3H3. The Kier molecular flexibility index (Phi) is 5.05. The van der Waals surface area contributed by atoms with Crippen LogP contribution in [0.3, 0.4) is 0 Å². The minimum Gasteiger partial charge on any atom is -0.465 e. The van der Waals surface area contributed by atoms with Crippen LogP contribution in [-0.4, -0.2) is 30.6 Å². The number of ether oxygens (including phenoxy) is 1. The molecule has 0 spiro atoms. The molecule has 16 heavy (non-hydrogen) atoms. The van der Waals surface area contributed by atoms with E-state index in [1.165, 1.54) is 0 Å². The van der Waals surface area contributed by atoms with Crippen LogP contribution in [0.4, 0.5) is 0 Å². The Morgan fingerprint density at radius 3 is 2.69 bits per heavy atom. The van der Waals surface area contributed by atoms with Crippen LogP contribution < -0.4 is 0 Å². The van der Waals surface area contributed by atoms with Gasteiger partial charge in [0.05, 0.1) is 19.7 Å². The van der Waals surface area contributed by atoms with Gasteiger partial charge in [0.15, 0.2) is 0 Å². The number of hydrogen-bond acceptors (Lipinski definition) is 4. The van der Waals surface area contributed by atoms with Gasteiger partial charge in [-0.15, -0.1) is 0 Å². The minimum atomic E-state index is -0.187. The molecule has 0 aliphatic rings. The summed E-state index contributed by atoms with van der Waals surface area (Å²) in [4.78, 5) is 13.3. The first-order valence-electron chi connectivity index (χ1n) is 5.59. The molecular formula is C12H19NO3. The number of aryl methyl sites for hydroxylation is 1. The van der Waals surface area contributed by atoms with Gasteiger partial charge in [0.2, 0.25) is 0 Å². The van der Waals surface area contributed by atoms with Crippen LogP contribution in [0.5, 0.6) is 0 Å². The highest BCUT2D eigenvalue weighted by molar-refractivity contribution is 5.71. The van der Waals surface area contributed by atoms with E-state index in [4.69, 9.17) is 9.15 Å². The summed E-state index contributed by atoms with van der Waals surface area (Å²) in [5.41, 5.74) is 0. The smallest absolute Gasteiger partial charge is 0.320 e. The molecule has 1 aromatic rings. The van der Waals surface area contributed by atoms with E-state index >= 15 is 0 Å². The maximum atomic E-state index is 11.3. The molecule has 0 N–H and O–H groups in total. The molecule has 0 saturated heterocycles. The highest BCUT2D eigenvalue weighted by atomic mass is 16.5. The average Bonchev–Trinajstić information content (AvgIpc) is 2.63. The summed E-state index contributed by atoms with van der Waals surface area (Å²) in [7, 11) is 0. The number of esters is 1. The lowest BCUT2D eigenvalue weighted by atomic mass is 10.4. The molecule has 0 aromatic carbocycles. The van der Waals surface area contributed by atoms with Crippen molar-refractivity contribution in [2.24, 2.45) is 0 Å². The van der Waals surface area contributed by atoms with Crippen molar-refractivity contribution in [2.45, 2.75) is 27.3 Å². The summed E-state index contributed by atoms with van der Waals surface area (Å²) in [6, 6.07) is 3.86. The third kappa shape index (κ3) is 4.06. The molecule has 4 nitrogen and oxygen atoms in total. The summed E-state index contributed by atoms with van der Waals surface area (Å²) in [5.74, 6) is 1.58. The van der Waals surface area contributed by atoms with Crippen molar-refractivity contribution in [1.29, 1.82) is 0 Å². The lowest BCUT2D eigenvalue weighted by molar-refractivity contribution is -0.144. The Balaban J connectivity index is 2.45. The van der Waals surface area contributed by atoms with Crippen molar-refractivity contribution >= 4 is 5.97 Å². The van der Waals surface area contributed by atoms with Crippen molar-refractivity contribution in [3.63, 3.8) is 0 Å². The molecule has 0 unspecified atom stereocenters. The molecule has 0 aliphatic heterocycles. The second-order valence-corrected chi connectivity index (χ2v) is 3.62. The van der Waals surface area contributed by atoms with Gasteiger partial charge in [-0.1, -0.05) is 6.92 Å². The van der Waals surface area contributed by atoms with Gasteiger partial charge in [-0.05, 0) is 32.5 Å². The Morgan fingerprint density at radius 2 is 2.19 bits per heavy atom. The zero-order chi connectivity index (χ0) is 12.0. The fourth-order valence-electron chi connectivity index (χ4n) is 1.46. The van der Waals surface area contributed by atoms with Crippen molar-refractivity contribution in [3.05, 3.63) is 23.7 Å². The third-order valence-corrected chi connectivity index (χ3v) is 2.28. The topological polar surface area (TPSA) is 42.7 Å². The zero-order valence-corrected chi connectivity index (χ0v) is 10.2. The van der Waals surface area contributed by atoms with Crippen molar-refractivity contribution < 1.29 is 13.9 Å². The first-order valence-corrected chi connectivity index (χ1v) is 5.59. The molecule has 0 saturated carbocycles. The summed E-state index contributed by atoms with van der Waals surface area (Å²) < 4.78 is 10.4. The molecule has 0 aliphatic carbocycles. The number of carbonyl (C=O) groups excluding carboxylic acids is 1. The van der Waals surface area contributed by atoms with Crippen LogP contribution in [0.25, 0.3) is 0 Å². The predicted molar refractivity (Wildman–Crippen MR) is 61.0 cm³/mol. The second-order valence-electron chi connectivity index (χ2n) is 3.62. The van der Waals surface area contributed by atoms with Crippen LogP contribution in [-0.2, 0) is 16.1 Å². The van der Waals surface area contributed by atoms with Crippen LogP contribution in [0.2, 0.25) is 0 Å². The molecule has 1 heterocycles. The number of likely N-dealkylation sites (N-methyl/N-ethyl adjacent to an activating group) is 1. The van der Waals surface area contributed by atoms with E-state index in [-0.39, 0.29) is 5.97 Å². The van der Waals surface area contributed by atoms with Gasteiger partial charge in [0, 0.05) is 0 Å². The van der Waals surface area contributed by atoms with Gasteiger partial charge in [-0.3, -0.25) is 9.69 Å². The Morgan fingerprint density at radius 1 is 1.44 bits per heavy atom. The van der Waals surface area contributed by atoms with E-state index < -0.39 is 0 Å². The number of furan rings is 1. The first kappa shape index (κ1) is 12.8. The van der Waals surface area contributed by atoms with E-state index in [9.17, 15) is 4.79 Å². The Hall–Kier alpha value is -1.29. The zero-order valence-electron chi connectivity index (χ0n) is 10.2. The van der Waals surface area contributed by atoms with Crippen LogP contribution >= 0.6 is 0 Å². The van der Waals surface area contributed by atoms with Crippen molar-refractivity contribution in [2.75, 3.05) is 19.7 Å². The molecule has 1 aromatic heterocycles. The fourth-order valence-corrected chi connectivity index (χ4v) is 1.46. The lowest BCUT2D eigenvalue weighted by Gasteiger charge is -2.17. The fraction of sp³-hybridized carbons (Fsp3) is 0.583. The van der Waals surface area contributed by atoms with Gasteiger partial charge in [-0.2, -0.15) is 0 Å². The predicted octanol–water partition coefficient (Wildman–Crippen LogP) is 1.97. The quantitative estimate of drug-likeness (QED) is 0.694. The third-order valence-electron chi connectivity index (χ3n) is 2.28. The summed E-state index contributed by atoms with van der Waals surface area (Å²) in [6.07, 6.45) is 0. The maximum absolute atomic E-state index is 11.3. The van der Waals surface area contributed by atoms with Gasteiger partial charge in [-0.25, -0.2) is 0 Å². The van der Waals surface area contributed by atoms with Gasteiger partial charge < -0.3 is 9.15 Å². The molecule has 0 atom stereocenters. The SMILES string of the molecule is CCOC(=O)CN(CC)Cc1ccc(C)o1. The van der Waals surface area contributed by atoms with E-state index in [1.807, 2.05) is 37.8 Å². The number of hydrogen-bond donors (Lipinski definition) is 0. The van der Waals surface area contributed by atoms with Crippen LogP contribution in [0, 0.1) is 6.92 Å². The van der Waals surface area contributed by atoms with E-state index in [0.717, 1.165) is 18.1 Å². The van der Waals surface area contributed by atoms with E-state index in [2.05, 4.69) is 0 Å².